The summed E-state index contributed by atoms with van der Waals surface area (Å²) in [6.07, 6.45) is -0.470. The molecule has 3 aromatic carbocycles. The maximum atomic E-state index is 13.3. The van der Waals surface area contributed by atoms with Gasteiger partial charge in [0.15, 0.2) is 11.5 Å². The first-order valence-corrected chi connectivity index (χ1v) is 12.1. The van der Waals surface area contributed by atoms with Gasteiger partial charge in [0.25, 0.3) is 6.17 Å². The van der Waals surface area contributed by atoms with Gasteiger partial charge < -0.3 is 15.2 Å². The second-order valence-corrected chi connectivity index (χ2v) is 9.12. The lowest BCUT2D eigenvalue weighted by Gasteiger charge is -2.22. The molecule has 0 aliphatic carbocycles. The van der Waals surface area contributed by atoms with Crippen LogP contribution in [0.15, 0.2) is 76.7 Å². The zero-order valence-electron chi connectivity index (χ0n) is 18.3. The number of phenols is 1. The minimum Gasteiger partial charge on any atom is -0.504 e. The summed E-state index contributed by atoms with van der Waals surface area (Å²) in [6, 6.07) is 20.4. The molecule has 1 atom stereocenters. The number of halogens is 1. The number of anilines is 1. The fourth-order valence-corrected chi connectivity index (χ4v) is 4.82. The highest BCUT2D eigenvalue weighted by Gasteiger charge is 2.38. The van der Waals surface area contributed by atoms with Crippen LogP contribution < -0.4 is 20.3 Å². The Bertz CT molecular complexity index is 1410. The molecule has 34 heavy (non-hydrogen) atoms. The summed E-state index contributed by atoms with van der Waals surface area (Å²) >= 11 is 7.42. The second-order valence-electron chi connectivity index (χ2n) is 7.72. The van der Waals surface area contributed by atoms with E-state index in [-0.39, 0.29) is 11.3 Å². The first-order chi connectivity index (χ1) is 16.5. The summed E-state index contributed by atoms with van der Waals surface area (Å²) < 4.78 is 7.28. The molecule has 0 fully saturated rings. The number of phenolic OH excluding ortho intramolecular Hbond substituents is 1. The van der Waals surface area contributed by atoms with Crippen LogP contribution in [-0.2, 0) is 5.75 Å². The monoisotopic (exact) mass is 493 g/mol. The van der Waals surface area contributed by atoms with Crippen LogP contribution in [0.25, 0.3) is 11.3 Å². The van der Waals surface area contributed by atoms with Gasteiger partial charge in [-0.25, -0.2) is 0 Å². The predicted molar refractivity (Wildman–Crippen MR) is 133 cm³/mol. The van der Waals surface area contributed by atoms with Crippen LogP contribution in [-0.4, -0.2) is 21.8 Å². The van der Waals surface area contributed by atoms with Crippen molar-refractivity contribution >= 4 is 29.1 Å². The number of para-hydroxylation sites is 1. The van der Waals surface area contributed by atoms with E-state index in [1.165, 1.54) is 11.8 Å². The first kappa shape index (κ1) is 22.3. The lowest BCUT2D eigenvalue weighted by molar-refractivity contribution is -0.759. The minimum atomic E-state index is -0.470. The number of benzene rings is 3. The van der Waals surface area contributed by atoms with E-state index >= 15 is 0 Å². The third kappa shape index (κ3) is 4.34. The molecule has 3 N–H and O–H groups in total. The number of rotatable bonds is 6. The van der Waals surface area contributed by atoms with Gasteiger partial charge in [-0.2, -0.15) is 0 Å². The molecule has 7 nitrogen and oxygen atoms in total. The zero-order chi connectivity index (χ0) is 23.7. The van der Waals surface area contributed by atoms with Crippen molar-refractivity contribution in [3.05, 3.63) is 93.2 Å². The number of thioether (sulfide) groups is 1. The number of nitrogens with one attached hydrogen (secondary N) is 2. The van der Waals surface area contributed by atoms with Crippen molar-refractivity contribution in [3.63, 3.8) is 0 Å². The van der Waals surface area contributed by atoms with Gasteiger partial charge in [0.2, 0.25) is 5.16 Å². The minimum absolute atomic E-state index is 0.0603. The van der Waals surface area contributed by atoms with E-state index < -0.39 is 6.17 Å². The Morgan fingerprint density at radius 2 is 1.94 bits per heavy atom. The quantitative estimate of drug-likeness (QED) is 0.265. The van der Waals surface area contributed by atoms with Crippen molar-refractivity contribution in [2.24, 2.45) is 0 Å². The van der Waals surface area contributed by atoms with E-state index in [0.717, 1.165) is 22.4 Å². The Balaban J connectivity index is 1.58. The topological polar surface area (TPSA) is 91.1 Å². The molecule has 172 valence electrons. The molecule has 0 radical (unpaired) electrons. The molecule has 1 aromatic heterocycles. The number of hydrogen-bond donors (Lipinski definition) is 3. The normalized spacial score (nSPS) is 14.1. The summed E-state index contributed by atoms with van der Waals surface area (Å²) in [5.41, 5.74) is 3.70. The second kappa shape index (κ2) is 9.40. The third-order valence-electron chi connectivity index (χ3n) is 5.47. The van der Waals surface area contributed by atoms with Gasteiger partial charge in [0, 0.05) is 21.4 Å². The average molecular weight is 494 g/mol. The molecule has 0 spiro atoms. The molecule has 2 heterocycles. The summed E-state index contributed by atoms with van der Waals surface area (Å²) in [7, 11) is 0. The Kier molecular flexibility index (Phi) is 6.17. The van der Waals surface area contributed by atoms with Gasteiger partial charge in [-0.3, -0.25) is 9.78 Å². The van der Waals surface area contributed by atoms with Crippen LogP contribution in [0.1, 0.15) is 24.2 Å². The van der Waals surface area contributed by atoms with E-state index in [1.54, 1.807) is 22.9 Å². The van der Waals surface area contributed by atoms with E-state index in [9.17, 15) is 9.90 Å². The SMILES string of the molecule is CCOc1cc([C@H]2Nc3ccccc3-c3c(=O)[nH]c(SCc4ccc(Cl)cc4)n[n+]32)ccc1O. The van der Waals surface area contributed by atoms with Crippen LogP contribution in [0.5, 0.6) is 11.5 Å². The third-order valence-corrected chi connectivity index (χ3v) is 6.66. The van der Waals surface area contributed by atoms with Gasteiger partial charge in [0.1, 0.15) is 0 Å². The van der Waals surface area contributed by atoms with Crippen LogP contribution in [0.4, 0.5) is 5.69 Å². The summed E-state index contributed by atoms with van der Waals surface area (Å²) in [6.45, 7) is 2.28. The standard InChI is InChI=1S/C25H21ClN4O3S/c1-2-33-21-13-16(9-12-20(21)31)23-27-19-6-4-3-5-18(19)22-24(32)28-25(29-30(22)23)34-14-15-7-10-17(26)11-8-15/h3-13,23H,2,14H2,1H3,(H2,28,29,31,32)/p+1/t23-/m0/s1. The molecular weight excluding hydrogens is 472 g/mol. The Morgan fingerprint density at radius 3 is 2.74 bits per heavy atom. The highest BCUT2D eigenvalue weighted by Crippen LogP contribution is 2.35. The van der Waals surface area contributed by atoms with Gasteiger partial charge in [-0.05, 0) is 59.6 Å². The summed E-state index contributed by atoms with van der Waals surface area (Å²) in [4.78, 5) is 16.2. The van der Waals surface area contributed by atoms with Crippen molar-refractivity contribution in [1.82, 2.24) is 10.1 Å². The Labute approximate surface area is 205 Å². The molecule has 0 amide bonds. The number of aromatic amines is 1. The number of aromatic nitrogens is 3. The van der Waals surface area contributed by atoms with E-state index in [4.69, 9.17) is 21.4 Å². The molecule has 1 aliphatic heterocycles. The largest absolute Gasteiger partial charge is 0.504 e. The molecule has 0 saturated carbocycles. The smallest absolute Gasteiger partial charge is 0.325 e. The lowest BCUT2D eigenvalue weighted by Crippen LogP contribution is -2.55. The average Bonchev–Trinajstić information content (AvgIpc) is 2.84. The number of hydrogen-bond acceptors (Lipinski definition) is 6. The van der Waals surface area contributed by atoms with Crippen molar-refractivity contribution < 1.29 is 14.5 Å². The molecule has 0 unspecified atom stereocenters. The van der Waals surface area contributed by atoms with E-state index in [2.05, 4.69) is 10.3 Å². The maximum Gasteiger partial charge on any atom is 0.325 e. The van der Waals surface area contributed by atoms with Crippen molar-refractivity contribution in [3.8, 4) is 22.8 Å². The highest BCUT2D eigenvalue weighted by atomic mass is 35.5. The Hall–Kier alpha value is -3.49. The van der Waals surface area contributed by atoms with E-state index in [0.29, 0.717) is 34.0 Å². The molecule has 1 aliphatic rings. The molecule has 9 heteroatoms. The van der Waals surface area contributed by atoms with Gasteiger partial charge >= 0.3 is 11.3 Å². The first-order valence-electron chi connectivity index (χ1n) is 10.8. The maximum absolute atomic E-state index is 13.3. The number of fused-ring (bicyclic) bond motifs is 3. The fourth-order valence-electron chi connectivity index (χ4n) is 3.88. The van der Waals surface area contributed by atoms with Crippen LogP contribution in [0.3, 0.4) is 0 Å². The fraction of sp³-hybridized carbons (Fsp3) is 0.160. The predicted octanol–water partition coefficient (Wildman–Crippen LogP) is 4.75. The number of nitrogens with zero attached hydrogens (tertiary/aromatic N) is 2. The molecule has 0 bridgehead atoms. The molecular formula is C25H22ClN4O3S+. The van der Waals surface area contributed by atoms with Crippen LogP contribution in [0, 0.1) is 0 Å². The highest BCUT2D eigenvalue weighted by molar-refractivity contribution is 7.98. The number of ether oxygens (including phenoxy) is 1. The van der Waals surface area contributed by atoms with Crippen LogP contribution in [0.2, 0.25) is 5.02 Å². The Morgan fingerprint density at radius 1 is 1.15 bits per heavy atom. The molecule has 5 rings (SSSR count). The van der Waals surface area contributed by atoms with Crippen molar-refractivity contribution in [2.45, 2.75) is 24.0 Å². The lowest BCUT2D eigenvalue weighted by atomic mass is 10.0. The van der Waals surface area contributed by atoms with Gasteiger partial charge in [-0.1, -0.05) is 47.6 Å². The van der Waals surface area contributed by atoms with Gasteiger partial charge in [-0.15, -0.1) is 0 Å². The van der Waals surface area contributed by atoms with Crippen LogP contribution >= 0.6 is 23.4 Å². The summed E-state index contributed by atoms with van der Waals surface area (Å²) in [5.74, 6) is 1.07. The summed E-state index contributed by atoms with van der Waals surface area (Å²) in [5, 5.41) is 19.6. The van der Waals surface area contributed by atoms with Gasteiger partial charge in [0.05, 0.1) is 17.9 Å². The van der Waals surface area contributed by atoms with Crippen molar-refractivity contribution in [2.75, 3.05) is 11.9 Å². The number of H-pyrrole nitrogens is 1. The zero-order valence-corrected chi connectivity index (χ0v) is 19.9. The van der Waals surface area contributed by atoms with Crippen molar-refractivity contribution in [1.29, 1.82) is 0 Å². The van der Waals surface area contributed by atoms with E-state index in [1.807, 2.05) is 55.5 Å². The molecule has 4 aromatic rings. The number of aromatic hydroxyl groups is 1. The molecule has 0 saturated heterocycles.